The van der Waals surface area contributed by atoms with Crippen LogP contribution in [-0.4, -0.2) is 24.5 Å². The molecule has 0 aliphatic carbocycles. The molecule has 3 aromatic rings. The quantitative estimate of drug-likeness (QED) is 0.768. The van der Waals surface area contributed by atoms with Crippen LogP contribution < -0.4 is 15.0 Å². The number of nitrogens with zero attached hydrogens (tertiary/aromatic N) is 1. The van der Waals surface area contributed by atoms with Crippen LogP contribution in [-0.2, 0) is 9.59 Å². The van der Waals surface area contributed by atoms with Crippen LogP contribution >= 0.6 is 0 Å². The number of para-hydroxylation sites is 2. The van der Waals surface area contributed by atoms with Crippen LogP contribution in [0, 0.1) is 0 Å². The summed E-state index contributed by atoms with van der Waals surface area (Å²) in [5, 5.41) is 5.04. The number of anilines is 2. The first kappa shape index (κ1) is 17.1. The Bertz CT molecular complexity index is 1020. The van der Waals surface area contributed by atoms with E-state index in [4.69, 9.17) is 4.74 Å². The van der Waals surface area contributed by atoms with Crippen LogP contribution in [0.1, 0.15) is 13.3 Å². The molecule has 5 heteroatoms. The number of carbonyl (C=O) groups excluding carboxylic acids is 2. The fourth-order valence-corrected chi connectivity index (χ4v) is 3.44. The molecule has 0 saturated heterocycles. The lowest BCUT2D eigenvalue weighted by Crippen LogP contribution is -2.41. The summed E-state index contributed by atoms with van der Waals surface area (Å²) in [6, 6.07) is 20.8. The number of ether oxygens (including phenoxy) is 1. The first-order chi connectivity index (χ1) is 13.1. The Hall–Kier alpha value is -3.34. The SMILES string of the molecule is C[C@@H]1CC(=O)Nc2ccccc2N1C(=O)COc1ccc2ccccc2c1. The van der Waals surface area contributed by atoms with Crippen LogP contribution in [0.5, 0.6) is 5.75 Å². The Labute approximate surface area is 157 Å². The number of carbonyl (C=O) groups is 2. The van der Waals surface area contributed by atoms with E-state index in [9.17, 15) is 9.59 Å². The maximum Gasteiger partial charge on any atom is 0.265 e. The largest absolute Gasteiger partial charge is 0.484 e. The van der Waals surface area contributed by atoms with E-state index in [2.05, 4.69) is 5.32 Å². The van der Waals surface area contributed by atoms with E-state index in [1.54, 1.807) is 11.0 Å². The molecule has 0 fully saturated rings. The molecule has 1 N–H and O–H groups in total. The zero-order valence-electron chi connectivity index (χ0n) is 15.0. The highest BCUT2D eigenvalue weighted by Crippen LogP contribution is 2.31. The molecule has 5 nitrogen and oxygen atoms in total. The van der Waals surface area contributed by atoms with Crippen molar-refractivity contribution in [3.8, 4) is 5.75 Å². The van der Waals surface area contributed by atoms with Gasteiger partial charge in [0, 0.05) is 12.5 Å². The van der Waals surface area contributed by atoms with Gasteiger partial charge in [0.05, 0.1) is 11.4 Å². The Morgan fingerprint density at radius 2 is 1.81 bits per heavy atom. The number of nitrogens with one attached hydrogen (secondary N) is 1. The van der Waals surface area contributed by atoms with E-state index in [1.807, 2.05) is 67.6 Å². The number of hydrogen-bond acceptors (Lipinski definition) is 3. The summed E-state index contributed by atoms with van der Waals surface area (Å²) in [5.74, 6) is 0.368. The summed E-state index contributed by atoms with van der Waals surface area (Å²) >= 11 is 0. The van der Waals surface area contributed by atoms with Crippen molar-refractivity contribution in [3.63, 3.8) is 0 Å². The fourth-order valence-electron chi connectivity index (χ4n) is 3.44. The molecule has 1 aliphatic rings. The van der Waals surface area contributed by atoms with Crippen LogP contribution in [0.3, 0.4) is 0 Å². The van der Waals surface area contributed by atoms with Crippen LogP contribution in [0.15, 0.2) is 66.7 Å². The van der Waals surface area contributed by atoms with Crippen LogP contribution in [0.4, 0.5) is 11.4 Å². The molecule has 3 aromatic carbocycles. The summed E-state index contributed by atoms with van der Waals surface area (Å²) < 4.78 is 5.76. The minimum Gasteiger partial charge on any atom is -0.484 e. The van der Waals surface area contributed by atoms with Gasteiger partial charge in [-0.15, -0.1) is 0 Å². The summed E-state index contributed by atoms with van der Waals surface area (Å²) in [6.07, 6.45) is 0.246. The predicted octanol–water partition coefficient (Wildman–Crippen LogP) is 3.98. The van der Waals surface area contributed by atoms with Crippen LogP contribution in [0.25, 0.3) is 10.8 Å². The molecule has 0 aromatic heterocycles. The third kappa shape index (κ3) is 3.49. The topological polar surface area (TPSA) is 58.6 Å². The lowest BCUT2D eigenvalue weighted by molar-refractivity contribution is -0.121. The average molecular weight is 360 g/mol. The standard InChI is InChI=1S/C22H20N2O3/c1-15-12-21(25)23-19-8-4-5-9-20(19)24(15)22(26)14-27-18-11-10-16-6-2-3-7-17(16)13-18/h2-11,13,15H,12,14H2,1H3,(H,23,25)/t15-/m1/s1. The maximum absolute atomic E-state index is 12.9. The summed E-state index contributed by atoms with van der Waals surface area (Å²) in [5.41, 5.74) is 1.34. The molecule has 4 rings (SSSR count). The first-order valence-electron chi connectivity index (χ1n) is 8.94. The molecular formula is C22H20N2O3. The highest BCUT2D eigenvalue weighted by atomic mass is 16.5. The lowest BCUT2D eigenvalue weighted by Gasteiger charge is -2.27. The number of benzene rings is 3. The fraction of sp³-hybridized carbons (Fsp3) is 0.182. The molecule has 27 heavy (non-hydrogen) atoms. The third-order valence-corrected chi connectivity index (χ3v) is 4.71. The minimum atomic E-state index is -0.249. The smallest absolute Gasteiger partial charge is 0.265 e. The van der Waals surface area contributed by atoms with Crippen molar-refractivity contribution >= 4 is 34.0 Å². The zero-order valence-corrected chi connectivity index (χ0v) is 15.0. The van der Waals surface area contributed by atoms with E-state index in [0.29, 0.717) is 17.1 Å². The Balaban J connectivity index is 1.55. The van der Waals surface area contributed by atoms with Gasteiger partial charge in [-0.2, -0.15) is 0 Å². The van der Waals surface area contributed by atoms with Gasteiger partial charge >= 0.3 is 0 Å². The van der Waals surface area contributed by atoms with Crippen molar-refractivity contribution in [2.24, 2.45) is 0 Å². The number of hydrogen-bond donors (Lipinski definition) is 1. The van der Waals surface area contributed by atoms with Gasteiger partial charge in [0.25, 0.3) is 5.91 Å². The van der Waals surface area contributed by atoms with Crippen molar-refractivity contribution in [2.75, 3.05) is 16.8 Å². The Kier molecular flexibility index (Phi) is 4.50. The van der Waals surface area contributed by atoms with Crippen LogP contribution in [0.2, 0.25) is 0 Å². The van der Waals surface area contributed by atoms with Gasteiger partial charge in [0.1, 0.15) is 5.75 Å². The van der Waals surface area contributed by atoms with Gasteiger partial charge < -0.3 is 15.0 Å². The maximum atomic E-state index is 12.9. The molecule has 0 spiro atoms. The van der Waals surface area contributed by atoms with E-state index in [1.165, 1.54) is 0 Å². The van der Waals surface area contributed by atoms with Crippen molar-refractivity contribution in [1.29, 1.82) is 0 Å². The van der Waals surface area contributed by atoms with E-state index in [0.717, 1.165) is 10.8 Å². The predicted molar refractivity (Wildman–Crippen MR) is 106 cm³/mol. The van der Waals surface area contributed by atoms with E-state index >= 15 is 0 Å². The molecule has 0 saturated carbocycles. The first-order valence-corrected chi connectivity index (χ1v) is 8.94. The van der Waals surface area contributed by atoms with Crippen molar-refractivity contribution in [3.05, 3.63) is 66.7 Å². The molecule has 1 heterocycles. The normalized spacial score (nSPS) is 16.4. The molecular weight excluding hydrogens is 340 g/mol. The second-order valence-electron chi connectivity index (χ2n) is 6.68. The summed E-state index contributed by atoms with van der Waals surface area (Å²) in [4.78, 5) is 26.6. The lowest BCUT2D eigenvalue weighted by atomic mass is 10.1. The van der Waals surface area contributed by atoms with Gasteiger partial charge in [-0.1, -0.05) is 42.5 Å². The van der Waals surface area contributed by atoms with Crippen molar-refractivity contribution < 1.29 is 14.3 Å². The Morgan fingerprint density at radius 3 is 2.67 bits per heavy atom. The summed E-state index contributed by atoms with van der Waals surface area (Å²) in [7, 11) is 0. The molecule has 2 amide bonds. The minimum absolute atomic E-state index is 0.0921. The second-order valence-corrected chi connectivity index (χ2v) is 6.68. The molecule has 0 bridgehead atoms. The second kappa shape index (κ2) is 7.11. The highest BCUT2D eigenvalue weighted by molar-refractivity contribution is 6.04. The van der Waals surface area contributed by atoms with Crippen molar-refractivity contribution in [1.82, 2.24) is 0 Å². The van der Waals surface area contributed by atoms with Crippen molar-refractivity contribution in [2.45, 2.75) is 19.4 Å². The van der Waals surface area contributed by atoms with Gasteiger partial charge in [-0.05, 0) is 42.0 Å². The van der Waals surface area contributed by atoms with E-state index in [-0.39, 0.29) is 30.9 Å². The molecule has 136 valence electrons. The monoisotopic (exact) mass is 360 g/mol. The summed E-state index contributed by atoms with van der Waals surface area (Å²) in [6.45, 7) is 1.78. The molecule has 0 radical (unpaired) electrons. The Morgan fingerprint density at radius 1 is 1.07 bits per heavy atom. The molecule has 1 atom stereocenters. The molecule has 0 unspecified atom stereocenters. The van der Waals surface area contributed by atoms with E-state index < -0.39 is 0 Å². The third-order valence-electron chi connectivity index (χ3n) is 4.71. The van der Waals surface area contributed by atoms with Gasteiger partial charge in [0.2, 0.25) is 5.91 Å². The molecule has 1 aliphatic heterocycles. The average Bonchev–Trinajstić information content (AvgIpc) is 2.80. The van der Waals surface area contributed by atoms with Gasteiger partial charge in [-0.3, -0.25) is 9.59 Å². The van der Waals surface area contributed by atoms with Gasteiger partial charge in [-0.25, -0.2) is 0 Å². The zero-order chi connectivity index (χ0) is 18.8. The van der Waals surface area contributed by atoms with Gasteiger partial charge in [0.15, 0.2) is 6.61 Å². The number of fused-ring (bicyclic) bond motifs is 2. The highest BCUT2D eigenvalue weighted by Gasteiger charge is 2.29. The number of rotatable bonds is 3. The number of amides is 2.